The highest BCUT2D eigenvalue weighted by molar-refractivity contribution is 6.30. The Morgan fingerprint density at radius 1 is 1.05 bits per heavy atom. The van der Waals surface area contributed by atoms with E-state index in [-0.39, 0.29) is 11.1 Å². The van der Waals surface area contributed by atoms with Crippen LogP contribution in [0.15, 0.2) is 30.3 Å². The first kappa shape index (κ1) is 14.9. The maximum atomic E-state index is 14.2. The Morgan fingerprint density at radius 2 is 1.70 bits per heavy atom. The van der Waals surface area contributed by atoms with Crippen LogP contribution in [0, 0.1) is 24.4 Å². The molecule has 2 rings (SSSR count). The van der Waals surface area contributed by atoms with Gasteiger partial charge in [0.1, 0.15) is 17.5 Å². The monoisotopic (exact) mass is 299 g/mol. The van der Waals surface area contributed by atoms with Gasteiger partial charge < -0.3 is 5.32 Å². The quantitative estimate of drug-likeness (QED) is 0.887. The van der Waals surface area contributed by atoms with Crippen molar-refractivity contribution in [2.45, 2.75) is 13.0 Å². The SMILES string of the molecule is CNC(c1cc(Cl)ccc1F)c1c(F)ccc(C)c1F. The molecule has 0 amide bonds. The molecule has 0 saturated heterocycles. The molecule has 0 saturated carbocycles. The molecule has 0 fully saturated rings. The molecule has 0 aliphatic carbocycles. The highest BCUT2D eigenvalue weighted by Crippen LogP contribution is 2.31. The van der Waals surface area contributed by atoms with Crippen LogP contribution in [-0.2, 0) is 0 Å². The van der Waals surface area contributed by atoms with Gasteiger partial charge in [-0.15, -0.1) is 0 Å². The van der Waals surface area contributed by atoms with Crippen molar-refractivity contribution in [3.8, 4) is 0 Å². The maximum absolute atomic E-state index is 14.2. The van der Waals surface area contributed by atoms with Crippen LogP contribution in [0.2, 0.25) is 5.02 Å². The first-order valence-electron chi connectivity index (χ1n) is 6.02. The second-order valence-corrected chi connectivity index (χ2v) is 4.92. The third kappa shape index (κ3) is 2.67. The topological polar surface area (TPSA) is 12.0 Å². The largest absolute Gasteiger partial charge is 0.309 e. The van der Waals surface area contributed by atoms with Crippen LogP contribution >= 0.6 is 11.6 Å². The van der Waals surface area contributed by atoms with Gasteiger partial charge in [0.2, 0.25) is 0 Å². The molecule has 2 aromatic carbocycles. The van der Waals surface area contributed by atoms with Crippen molar-refractivity contribution in [3.05, 3.63) is 69.5 Å². The highest BCUT2D eigenvalue weighted by atomic mass is 35.5. The van der Waals surface area contributed by atoms with Gasteiger partial charge in [-0.05, 0) is 43.8 Å². The zero-order chi connectivity index (χ0) is 14.9. The second kappa shape index (κ2) is 5.85. The molecular formula is C15H13ClF3N. The molecular weight excluding hydrogens is 287 g/mol. The average Bonchev–Trinajstić information content (AvgIpc) is 2.42. The summed E-state index contributed by atoms with van der Waals surface area (Å²) in [5, 5.41) is 3.03. The molecule has 5 heteroatoms. The number of aryl methyl sites for hydroxylation is 1. The summed E-state index contributed by atoms with van der Waals surface area (Å²) in [6, 6.07) is 5.48. The van der Waals surface area contributed by atoms with Crippen LogP contribution in [0.25, 0.3) is 0 Å². The lowest BCUT2D eigenvalue weighted by Gasteiger charge is -2.20. The molecule has 0 radical (unpaired) electrons. The molecule has 20 heavy (non-hydrogen) atoms. The van der Waals surface area contributed by atoms with Crippen molar-refractivity contribution < 1.29 is 13.2 Å². The summed E-state index contributed by atoms with van der Waals surface area (Å²) in [4.78, 5) is 0. The van der Waals surface area contributed by atoms with Gasteiger partial charge in [0.15, 0.2) is 0 Å². The van der Waals surface area contributed by atoms with E-state index in [1.807, 2.05) is 0 Å². The third-order valence-electron chi connectivity index (χ3n) is 3.17. The second-order valence-electron chi connectivity index (χ2n) is 4.48. The zero-order valence-corrected chi connectivity index (χ0v) is 11.7. The summed E-state index contributed by atoms with van der Waals surface area (Å²) in [5.41, 5.74) is 0.182. The summed E-state index contributed by atoms with van der Waals surface area (Å²) in [6.45, 7) is 1.53. The van der Waals surface area contributed by atoms with E-state index in [1.165, 1.54) is 44.3 Å². The number of rotatable bonds is 3. The molecule has 1 N–H and O–H groups in total. The Labute approximate surface area is 120 Å². The highest BCUT2D eigenvalue weighted by Gasteiger charge is 2.24. The number of benzene rings is 2. The predicted molar refractivity (Wildman–Crippen MR) is 73.4 cm³/mol. The van der Waals surface area contributed by atoms with E-state index in [2.05, 4.69) is 5.32 Å². The lowest BCUT2D eigenvalue weighted by molar-refractivity contribution is 0.504. The molecule has 0 bridgehead atoms. The minimum absolute atomic E-state index is 0.100. The van der Waals surface area contributed by atoms with Gasteiger partial charge in [-0.1, -0.05) is 17.7 Å². The fraction of sp³-hybridized carbons (Fsp3) is 0.200. The molecule has 0 spiro atoms. The lowest BCUT2D eigenvalue weighted by Crippen LogP contribution is -2.22. The number of hydrogen-bond acceptors (Lipinski definition) is 1. The van der Waals surface area contributed by atoms with Crippen LogP contribution in [0.1, 0.15) is 22.7 Å². The molecule has 0 heterocycles. The van der Waals surface area contributed by atoms with Crippen LogP contribution in [0.3, 0.4) is 0 Å². The van der Waals surface area contributed by atoms with Crippen LogP contribution in [0.5, 0.6) is 0 Å². The number of nitrogens with one attached hydrogen (secondary N) is 1. The van der Waals surface area contributed by atoms with Crippen LogP contribution < -0.4 is 5.32 Å². The van der Waals surface area contributed by atoms with Crippen LogP contribution in [0.4, 0.5) is 13.2 Å². The first-order valence-corrected chi connectivity index (χ1v) is 6.40. The van der Waals surface area contributed by atoms with Crippen molar-refractivity contribution >= 4 is 11.6 Å². The average molecular weight is 300 g/mol. The lowest BCUT2D eigenvalue weighted by atomic mass is 9.95. The van der Waals surface area contributed by atoms with Crippen molar-refractivity contribution in [2.75, 3.05) is 7.05 Å². The summed E-state index contributed by atoms with van der Waals surface area (Å²) in [5.74, 6) is -2.00. The van der Waals surface area contributed by atoms with Crippen molar-refractivity contribution in [1.82, 2.24) is 5.32 Å². The molecule has 0 aliphatic heterocycles. The standard InChI is InChI=1S/C15H13ClF3N/c1-8-3-5-12(18)13(14(8)19)15(20-2)10-7-9(16)4-6-11(10)17/h3-7,15,20H,1-2H3. The zero-order valence-electron chi connectivity index (χ0n) is 11.0. The molecule has 2 aromatic rings. The van der Waals surface area contributed by atoms with E-state index in [0.29, 0.717) is 10.6 Å². The van der Waals surface area contributed by atoms with Gasteiger partial charge in [0.25, 0.3) is 0 Å². The minimum atomic E-state index is -0.950. The molecule has 1 atom stereocenters. The fourth-order valence-electron chi connectivity index (χ4n) is 2.13. The van der Waals surface area contributed by atoms with Gasteiger partial charge in [0.05, 0.1) is 6.04 Å². The van der Waals surface area contributed by atoms with E-state index in [0.717, 1.165) is 0 Å². The van der Waals surface area contributed by atoms with E-state index >= 15 is 0 Å². The van der Waals surface area contributed by atoms with Crippen molar-refractivity contribution in [3.63, 3.8) is 0 Å². The van der Waals surface area contributed by atoms with Gasteiger partial charge in [-0.25, -0.2) is 13.2 Å². The first-order chi connectivity index (χ1) is 9.45. The predicted octanol–water partition coefficient (Wildman–Crippen LogP) is 4.37. The summed E-state index contributed by atoms with van der Waals surface area (Å²) in [6.07, 6.45) is 0. The summed E-state index contributed by atoms with van der Waals surface area (Å²) in [7, 11) is 1.51. The normalized spacial score (nSPS) is 12.5. The van der Waals surface area contributed by atoms with Crippen molar-refractivity contribution in [2.24, 2.45) is 0 Å². The Balaban J connectivity index is 2.64. The van der Waals surface area contributed by atoms with Gasteiger partial charge in [0, 0.05) is 16.1 Å². The smallest absolute Gasteiger partial charge is 0.134 e. The molecule has 106 valence electrons. The summed E-state index contributed by atoms with van der Waals surface area (Å²) < 4.78 is 42.0. The molecule has 0 aliphatic rings. The molecule has 1 unspecified atom stereocenters. The van der Waals surface area contributed by atoms with E-state index in [4.69, 9.17) is 11.6 Å². The van der Waals surface area contributed by atoms with Crippen molar-refractivity contribution in [1.29, 1.82) is 0 Å². The maximum Gasteiger partial charge on any atom is 0.134 e. The molecule has 1 nitrogen and oxygen atoms in total. The van der Waals surface area contributed by atoms with E-state index < -0.39 is 23.5 Å². The van der Waals surface area contributed by atoms with E-state index in [9.17, 15) is 13.2 Å². The Morgan fingerprint density at radius 3 is 2.35 bits per heavy atom. The third-order valence-corrected chi connectivity index (χ3v) is 3.40. The van der Waals surface area contributed by atoms with E-state index in [1.54, 1.807) is 0 Å². The molecule has 0 aromatic heterocycles. The van der Waals surface area contributed by atoms with Gasteiger partial charge in [-0.3, -0.25) is 0 Å². The van der Waals surface area contributed by atoms with Crippen LogP contribution in [-0.4, -0.2) is 7.05 Å². The Bertz CT molecular complexity index is 643. The Kier molecular flexibility index (Phi) is 4.35. The van der Waals surface area contributed by atoms with Gasteiger partial charge in [-0.2, -0.15) is 0 Å². The number of hydrogen-bond donors (Lipinski definition) is 1. The minimum Gasteiger partial charge on any atom is -0.309 e. The summed E-state index contributed by atoms with van der Waals surface area (Å²) >= 11 is 5.83. The number of halogens is 4. The fourth-order valence-corrected chi connectivity index (χ4v) is 2.31. The van der Waals surface area contributed by atoms with Gasteiger partial charge >= 0.3 is 0 Å². The Hall–Kier alpha value is -1.52.